The van der Waals surface area contributed by atoms with Gasteiger partial charge in [0.25, 0.3) is 0 Å². The highest BCUT2D eigenvalue weighted by Crippen LogP contribution is 2.29. The van der Waals surface area contributed by atoms with Gasteiger partial charge in [-0.05, 0) is 54.0 Å². The van der Waals surface area contributed by atoms with E-state index in [1.807, 2.05) is 0 Å². The van der Waals surface area contributed by atoms with Gasteiger partial charge in [-0.3, -0.25) is 15.1 Å². The van der Waals surface area contributed by atoms with E-state index in [2.05, 4.69) is 15.6 Å². The van der Waals surface area contributed by atoms with Crippen molar-refractivity contribution in [1.82, 2.24) is 15.6 Å². The molecule has 0 aliphatic carbocycles. The summed E-state index contributed by atoms with van der Waals surface area (Å²) in [5.74, 6) is 0. The van der Waals surface area contributed by atoms with Crippen LogP contribution in [0.5, 0.6) is 0 Å². The number of nitrogens with one attached hydrogen (secondary N) is 2. The number of hydrogen-bond donors (Lipinski definition) is 2. The molecule has 2 amide bonds. The minimum absolute atomic E-state index is 0.156. The fraction of sp³-hybridized carbons (Fsp3) is 0.650. The third-order valence-corrected chi connectivity index (χ3v) is 4.21. The number of amides is 2. The molecule has 0 spiro atoms. The van der Waals surface area contributed by atoms with E-state index < -0.39 is 40.4 Å². The summed E-state index contributed by atoms with van der Waals surface area (Å²) in [5, 5.41) is 17.0. The Bertz CT molecular complexity index is 779. The van der Waals surface area contributed by atoms with E-state index in [9.17, 15) is 19.7 Å². The summed E-state index contributed by atoms with van der Waals surface area (Å²) in [6.45, 7) is 11.1. The monoisotopic (exact) mass is 437 g/mol. The number of hydrogen-bond acceptors (Lipinski definition) is 8. The smallest absolute Gasteiger partial charge is 0.407 e. The van der Waals surface area contributed by atoms with Gasteiger partial charge in [-0.1, -0.05) is 0 Å². The van der Waals surface area contributed by atoms with Crippen molar-refractivity contribution in [1.29, 1.82) is 0 Å². The molecule has 2 rings (SSSR count). The van der Waals surface area contributed by atoms with Crippen LogP contribution in [0.3, 0.4) is 0 Å². The Morgan fingerprint density at radius 3 is 1.97 bits per heavy atom. The first kappa shape index (κ1) is 24.2. The molecule has 1 aromatic rings. The molecule has 1 aliphatic rings. The summed E-state index contributed by atoms with van der Waals surface area (Å²) in [4.78, 5) is 41.1. The average molecular weight is 437 g/mol. The standard InChI is InChI=1S/C20H31N5O6/c1-19(2,3)30-17(26)22-13-9-14(23-18(27)31-20(4,5)6)12-24(11-13)15-7-8-21-10-16(15)25(28)29/h7-8,10,13-14H,9,11-12H2,1-6H3,(H,22,26)(H,23,27). The maximum atomic E-state index is 12.3. The van der Waals surface area contributed by atoms with Crippen LogP contribution in [0.15, 0.2) is 18.5 Å². The lowest BCUT2D eigenvalue weighted by Crippen LogP contribution is -2.58. The third kappa shape index (κ3) is 7.91. The van der Waals surface area contributed by atoms with Crippen molar-refractivity contribution in [3.8, 4) is 0 Å². The van der Waals surface area contributed by atoms with Crippen molar-refractivity contribution in [3.63, 3.8) is 0 Å². The van der Waals surface area contributed by atoms with Gasteiger partial charge in [0.15, 0.2) is 0 Å². The molecule has 2 N–H and O–H groups in total. The highest BCUT2D eigenvalue weighted by molar-refractivity contribution is 5.70. The molecule has 2 unspecified atom stereocenters. The van der Waals surface area contributed by atoms with E-state index in [4.69, 9.17) is 9.47 Å². The van der Waals surface area contributed by atoms with E-state index >= 15 is 0 Å². The van der Waals surface area contributed by atoms with Crippen LogP contribution >= 0.6 is 0 Å². The molecule has 172 valence electrons. The molecule has 1 aliphatic heterocycles. The van der Waals surface area contributed by atoms with E-state index in [1.54, 1.807) is 52.5 Å². The number of ether oxygens (including phenoxy) is 2. The molecule has 0 saturated carbocycles. The fourth-order valence-electron chi connectivity index (χ4n) is 3.24. The first-order valence-electron chi connectivity index (χ1n) is 10.1. The zero-order valence-electron chi connectivity index (χ0n) is 18.8. The maximum Gasteiger partial charge on any atom is 0.407 e. The highest BCUT2D eigenvalue weighted by atomic mass is 16.6. The first-order chi connectivity index (χ1) is 14.2. The molecule has 0 bridgehead atoms. The maximum absolute atomic E-state index is 12.3. The predicted molar refractivity (Wildman–Crippen MR) is 114 cm³/mol. The second kappa shape index (κ2) is 9.36. The number of rotatable bonds is 4. The summed E-state index contributed by atoms with van der Waals surface area (Å²) in [6.07, 6.45) is 1.85. The molecule has 1 aromatic heterocycles. The van der Waals surface area contributed by atoms with Crippen molar-refractivity contribution in [2.75, 3.05) is 18.0 Å². The lowest BCUT2D eigenvalue weighted by Gasteiger charge is -2.39. The number of piperidine rings is 1. The highest BCUT2D eigenvalue weighted by Gasteiger charge is 2.34. The number of nitrogens with zero attached hydrogens (tertiary/aromatic N) is 3. The van der Waals surface area contributed by atoms with Crippen LogP contribution in [-0.4, -0.2) is 58.5 Å². The number of pyridine rings is 1. The van der Waals surface area contributed by atoms with Gasteiger partial charge in [0.05, 0.1) is 17.0 Å². The molecule has 0 aromatic carbocycles. The van der Waals surface area contributed by atoms with Crippen molar-refractivity contribution in [2.24, 2.45) is 0 Å². The quantitative estimate of drug-likeness (QED) is 0.542. The lowest BCUT2D eigenvalue weighted by atomic mass is 10.00. The molecule has 0 radical (unpaired) electrons. The van der Waals surface area contributed by atoms with Crippen LogP contribution in [-0.2, 0) is 9.47 Å². The Labute approximate surface area is 181 Å². The fourth-order valence-corrected chi connectivity index (χ4v) is 3.24. The van der Waals surface area contributed by atoms with Gasteiger partial charge in [-0.25, -0.2) is 9.59 Å². The van der Waals surface area contributed by atoms with Crippen molar-refractivity contribution in [2.45, 2.75) is 71.2 Å². The van der Waals surface area contributed by atoms with Crippen LogP contribution in [0.2, 0.25) is 0 Å². The van der Waals surface area contributed by atoms with Gasteiger partial charge < -0.3 is 25.0 Å². The Hall–Kier alpha value is -3.11. The van der Waals surface area contributed by atoms with Gasteiger partial charge in [0.1, 0.15) is 23.1 Å². The lowest BCUT2D eigenvalue weighted by molar-refractivity contribution is -0.384. The summed E-state index contributed by atoms with van der Waals surface area (Å²) >= 11 is 0. The summed E-state index contributed by atoms with van der Waals surface area (Å²) in [5.41, 5.74) is -1.14. The summed E-state index contributed by atoms with van der Waals surface area (Å²) < 4.78 is 10.7. The first-order valence-corrected chi connectivity index (χ1v) is 10.1. The SMILES string of the molecule is CC(C)(C)OC(=O)NC1CC(NC(=O)OC(C)(C)C)CN(c2ccncc2[N+](=O)[O-])C1. The topological polar surface area (TPSA) is 136 Å². The number of alkyl carbamates (subject to hydrolysis) is 2. The van der Waals surface area contributed by atoms with Crippen LogP contribution < -0.4 is 15.5 Å². The molecular weight excluding hydrogens is 406 g/mol. The van der Waals surface area contributed by atoms with Crippen LogP contribution in [0.1, 0.15) is 48.0 Å². The Balaban J connectivity index is 2.22. The molecular formula is C20H31N5O6. The molecule has 1 saturated heterocycles. The number of carbonyl (C=O) groups excluding carboxylic acids is 2. The van der Waals surface area contributed by atoms with Crippen molar-refractivity contribution < 1.29 is 24.0 Å². The summed E-state index contributed by atoms with van der Waals surface area (Å²) in [7, 11) is 0. The van der Waals surface area contributed by atoms with Crippen molar-refractivity contribution >= 4 is 23.6 Å². The molecule has 11 nitrogen and oxygen atoms in total. The number of aromatic nitrogens is 1. The van der Waals surface area contributed by atoms with E-state index in [1.165, 1.54) is 12.4 Å². The van der Waals surface area contributed by atoms with Gasteiger partial charge >= 0.3 is 17.9 Å². The van der Waals surface area contributed by atoms with Gasteiger partial charge in [0.2, 0.25) is 0 Å². The van der Waals surface area contributed by atoms with Gasteiger partial charge in [0, 0.05) is 19.3 Å². The average Bonchev–Trinajstić information content (AvgIpc) is 2.57. The summed E-state index contributed by atoms with van der Waals surface area (Å²) in [6, 6.07) is 0.700. The van der Waals surface area contributed by atoms with E-state index in [0.29, 0.717) is 25.2 Å². The number of nitro groups is 1. The van der Waals surface area contributed by atoms with E-state index in [-0.39, 0.29) is 5.69 Å². The van der Waals surface area contributed by atoms with Gasteiger partial charge in [-0.15, -0.1) is 0 Å². The minimum atomic E-state index is -0.670. The van der Waals surface area contributed by atoms with Gasteiger partial charge in [-0.2, -0.15) is 0 Å². The molecule has 2 heterocycles. The third-order valence-electron chi connectivity index (χ3n) is 4.21. The zero-order chi connectivity index (χ0) is 23.4. The zero-order valence-corrected chi connectivity index (χ0v) is 18.8. The Morgan fingerprint density at radius 2 is 1.55 bits per heavy atom. The van der Waals surface area contributed by atoms with Crippen LogP contribution in [0, 0.1) is 10.1 Å². The normalized spacial score (nSPS) is 19.4. The largest absolute Gasteiger partial charge is 0.444 e. The molecule has 31 heavy (non-hydrogen) atoms. The van der Waals surface area contributed by atoms with Crippen LogP contribution in [0.25, 0.3) is 0 Å². The molecule has 11 heteroatoms. The minimum Gasteiger partial charge on any atom is -0.444 e. The number of carbonyl (C=O) groups is 2. The predicted octanol–water partition coefficient (Wildman–Crippen LogP) is 2.99. The van der Waals surface area contributed by atoms with Crippen molar-refractivity contribution in [3.05, 3.63) is 28.6 Å². The van der Waals surface area contributed by atoms with Crippen LogP contribution in [0.4, 0.5) is 21.0 Å². The molecule has 2 atom stereocenters. The van der Waals surface area contributed by atoms with E-state index in [0.717, 1.165) is 0 Å². The molecule has 1 fully saturated rings. The Kier molecular flexibility index (Phi) is 7.29. The number of anilines is 1. The Morgan fingerprint density at radius 1 is 1.06 bits per heavy atom. The second-order valence-corrected chi connectivity index (χ2v) is 9.45. The second-order valence-electron chi connectivity index (χ2n) is 9.45.